The Bertz CT molecular complexity index is 410. The molecule has 0 spiro atoms. The van der Waals surface area contributed by atoms with Crippen molar-refractivity contribution in [2.75, 3.05) is 6.61 Å². The van der Waals surface area contributed by atoms with E-state index in [-0.39, 0.29) is 6.10 Å². The number of rotatable bonds is 6. The smallest absolute Gasteiger partial charge is 0.123 e. The molecule has 1 aromatic rings. The van der Waals surface area contributed by atoms with Crippen molar-refractivity contribution in [2.24, 2.45) is 0 Å². The summed E-state index contributed by atoms with van der Waals surface area (Å²) in [5.74, 6) is 1.59. The third-order valence-electron chi connectivity index (χ3n) is 4.01. The van der Waals surface area contributed by atoms with E-state index in [0.29, 0.717) is 6.61 Å². The second-order valence-electron chi connectivity index (χ2n) is 5.89. The topological polar surface area (TPSA) is 38.7 Å². The van der Waals surface area contributed by atoms with Gasteiger partial charge in [0.05, 0.1) is 11.7 Å². The van der Waals surface area contributed by atoms with Crippen LogP contribution >= 0.6 is 0 Å². The summed E-state index contributed by atoms with van der Waals surface area (Å²) in [6.07, 6.45) is 6.28. The lowest BCUT2D eigenvalue weighted by atomic mass is 9.85. The second-order valence-corrected chi connectivity index (χ2v) is 5.89. The minimum atomic E-state index is -0.647. The Labute approximate surface area is 121 Å². The second kappa shape index (κ2) is 6.98. The van der Waals surface area contributed by atoms with E-state index in [4.69, 9.17) is 9.47 Å². The molecule has 1 aliphatic rings. The van der Waals surface area contributed by atoms with E-state index >= 15 is 0 Å². The molecule has 0 heterocycles. The first kappa shape index (κ1) is 15.2. The average molecular weight is 278 g/mol. The molecule has 0 aliphatic heterocycles. The first-order valence-electron chi connectivity index (χ1n) is 7.73. The molecule has 0 radical (unpaired) electrons. The van der Waals surface area contributed by atoms with Gasteiger partial charge in [0.15, 0.2) is 0 Å². The highest BCUT2D eigenvalue weighted by atomic mass is 16.5. The zero-order valence-electron chi connectivity index (χ0n) is 12.6. The van der Waals surface area contributed by atoms with E-state index in [1.165, 1.54) is 6.42 Å². The lowest BCUT2D eigenvalue weighted by molar-refractivity contribution is -0.0339. The summed E-state index contributed by atoms with van der Waals surface area (Å²) in [7, 11) is 0. The van der Waals surface area contributed by atoms with Gasteiger partial charge in [-0.2, -0.15) is 0 Å². The summed E-state index contributed by atoms with van der Waals surface area (Å²) < 4.78 is 11.6. The van der Waals surface area contributed by atoms with Crippen molar-refractivity contribution >= 4 is 0 Å². The van der Waals surface area contributed by atoms with Crippen LogP contribution in [0.2, 0.25) is 0 Å². The molecule has 112 valence electrons. The molecule has 3 nitrogen and oxygen atoms in total. The van der Waals surface area contributed by atoms with Crippen molar-refractivity contribution in [2.45, 2.75) is 64.1 Å². The van der Waals surface area contributed by atoms with Crippen molar-refractivity contribution in [1.82, 2.24) is 0 Å². The molecule has 2 rings (SSSR count). The Morgan fingerprint density at radius 2 is 1.90 bits per heavy atom. The Morgan fingerprint density at radius 1 is 1.20 bits per heavy atom. The van der Waals surface area contributed by atoms with Gasteiger partial charge in [0.25, 0.3) is 0 Å². The van der Waals surface area contributed by atoms with Crippen molar-refractivity contribution in [3.63, 3.8) is 0 Å². The summed E-state index contributed by atoms with van der Waals surface area (Å²) in [6, 6.07) is 7.68. The highest BCUT2D eigenvalue weighted by Crippen LogP contribution is 2.29. The minimum Gasteiger partial charge on any atom is -0.491 e. The van der Waals surface area contributed by atoms with Crippen LogP contribution < -0.4 is 9.47 Å². The first-order chi connectivity index (χ1) is 9.61. The van der Waals surface area contributed by atoms with Crippen molar-refractivity contribution in [3.8, 4) is 11.5 Å². The van der Waals surface area contributed by atoms with Gasteiger partial charge in [-0.1, -0.05) is 32.3 Å². The van der Waals surface area contributed by atoms with Gasteiger partial charge in [-0.3, -0.25) is 0 Å². The zero-order chi connectivity index (χ0) is 14.4. The van der Waals surface area contributed by atoms with Gasteiger partial charge in [-0.05, 0) is 38.3 Å². The van der Waals surface area contributed by atoms with Crippen LogP contribution in [0.3, 0.4) is 0 Å². The Balaban J connectivity index is 1.90. The quantitative estimate of drug-likeness (QED) is 0.856. The summed E-state index contributed by atoms with van der Waals surface area (Å²) in [5, 5.41) is 10.4. The standard InChI is InChI=1S/C17H26O3/c1-3-14(2)20-16-9-7-8-15(12-16)19-13-17(18)10-5-4-6-11-17/h7-9,12,14,18H,3-6,10-11,13H2,1-2H3/t14-/m1/s1. The zero-order valence-corrected chi connectivity index (χ0v) is 12.6. The van der Waals surface area contributed by atoms with E-state index in [9.17, 15) is 5.11 Å². The van der Waals surface area contributed by atoms with Crippen LogP contribution in [0.5, 0.6) is 11.5 Å². The number of hydrogen-bond acceptors (Lipinski definition) is 3. The molecule has 1 N–H and O–H groups in total. The van der Waals surface area contributed by atoms with Gasteiger partial charge >= 0.3 is 0 Å². The number of hydrogen-bond donors (Lipinski definition) is 1. The van der Waals surface area contributed by atoms with Crippen LogP contribution in [0, 0.1) is 0 Å². The van der Waals surface area contributed by atoms with Crippen molar-refractivity contribution in [1.29, 1.82) is 0 Å². The summed E-state index contributed by atoms with van der Waals surface area (Å²) in [5.41, 5.74) is -0.647. The Hall–Kier alpha value is -1.22. The molecule has 0 saturated heterocycles. The summed E-state index contributed by atoms with van der Waals surface area (Å²) >= 11 is 0. The van der Waals surface area contributed by atoms with Crippen LogP contribution in [0.15, 0.2) is 24.3 Å². The Kier molecular flexibility index (Phi) is 5.30. The molecule has 0 unspecified atom stereocenters. The van der Waals surface area contributed by atoms with Crippen LogP contribution in [0.4, 0.5) is 0 Å². The fraction of sp³-hybridized carbons (Fsp3) is 0.647. The molecule has 1 fully saturated rings. The van der Waals surface area contributed by atoms with Crippen LogP contribution in [-0.4, -0.2) is 23.4 Å². The first-order valence-corrected chi connectivity index (χ1v) is 7.73. The monoisotopic (exact) mass is 278 g/mol. The maximum atomic E-state index is 10.4. The molecule has 0 aromatic heterocycles. The number of aliphatic hydroxyl groups is 1. The fourth-order valence-electron chi connectivity index (χ4n) is 2.52. The van der Waals surface area contributed by atoms with Gasteiger partial charge in [0, 0.05) is 6.07 Å². The predicted molar refractivity (Wildman–Crippen MR) is 80.4 cm³/mol. The van der Waals surface area contributed by atoms with Gasteiger partial charge in [0.1, 0.15) is 18.1 Å². The highest BCUT2D eigenvalue weighted by Gasteiger charge is 2.29. The van der Waals surface area contributed by atoms with Gasteiger partial charge in [-0.15, -0.1) is 0 Å². The average Bonchev–Trinajstić information content (AvgIpc) is 2.46. The normalized spacial score (nSPS) is 19.4. The van der Waals surface area contributed by atoms with Gasteiger partial charge < -0.3 is 14.6 Å². The van der Waals surface area contributed by atoms with E-state index in [0.717, 1.165) is 43.6 Å². The largest absolute Gasteiger partial charge is 0.491 e. The van der Waals surface area contributed by atoms with Gasteiger partial charge in [-0.25, -0.2) is 0 Å². The number of ether oxygens (including phenoxy) is 2. The van der Waals surface area contributed by atoms with Crippen LogP contribution in [0.25, 0.3) is 0 Å². The SMILES string of the molecule is CC[C@@H](C)Oc1cccc(OCC2(O)CCCCC2)c1. The number of benzene rings is 1. The summed E-state index contributed by atoms with van der Waals surface area (Å²) in [4.78, 5) is 0. The summed E-state index contributed by atoms with van der Waals surface area (Å²) in [6.45, 7) is 4.53. The fourth-order valence-corrected chi connectivity index (χ4v) is 2.52. The molecule has 1 aromatic carbocycles. The van der Waals surface area contributed by atoms with Crippen molar-refractivity contribution < 1.29 is 14.6 Å². The predicted octanol–water partition coefficient (Wildman–Crippen LogP) is 3.94. The van der Waals surface area contributed by atoms with Crippen molar-refractivity contribution in [3.05, 3.63) is 24.3 Å². The highest BCUT2D eigenvalue weighted by molar-refractivity contribution is 5.33. The molecule has 0 bridgehead atoms. The molecular weight excluding hydrogens is 252 g/mol. The Morgan fingerprint density at radius 3 is 2.60 bits per heavy atom. The van der Waals surface area contributed by atoms with E-state index in [1.54, 1.807) is 0 Å². The molecule has 1 aliphatic carbocycles. The van der Waals surface area contributed by atoms with Crippen LogP contribution in [0.1, 0.15) is 52.4 Å². The third-order valence-corrected chi connectivity index (χ3v) is 4.01. The molecule has 3 heteroatoms. The van der Waals surface area contributed by atoms with E-state index < -0.39 is 5.60 Å². The maximum Gasteiger partial charge on any atom is 0.123 e. The maximum absolute atomic E-state index is 10.4. The molecule has 0 amide bonds. The van der Waals surface area contributed by atoms with Crippen LogP contribution in [-0.2, 0) is 0 Å². The minimum absolute atomic E-state index is 0.202. The molecule has 1 atom stereocenters. The molecular formula is C17H26O3. The lowest BCUT2D eigenvalue weighted by Crippen LogP contribution is -2.37. The third kappa shape index (κ3) is 4.41. The molecule has 1 saturated carbocycles. The van der Waals surface area contributed by atoms with Gasteiger partial charge in [0.2, 0.25) is 0 Å². The van der Waals surface area contributed by atoms with E-state index in [1.807, 2.05) is 24.3 Å². The lowest BCUT2D eigenvalue weighted by Gasteiger charge is -2.31. The van der Waals surface area contributed by atoms with E-state index in [2.05, 4.69) is 13.8 Å². The molecule has 20 heavy (non-hydrogen) atoms.